The van der Waals surface area contributed by atoms with Crippen LogP contribution in [0, 0.1) is 0 Å². The fourth-order valence-electron chi connectivity index (χ4n) is 2.48. The third kappa shape index (κ3) is 4.92. The van der Waals surface area contributed by atoms with Gasteiger partial charge in [-0.3, -0.25) is 0 Å². The van der Waals surface area contributed by atoms with E-state index in [1.165, 1.54) is 24.3 Å². The third-order valence-electron chi connectivity index (χ3n) is 3.67. The third-order valence-corrected chi connectivity index (χ3v) is 3.67. The molecule has 0 fully saturated rings. The summed E-state index contributed by atoms with van der Waals surface area (Å²) in [6.45, 7) is 0.345. The molecule has 2 aromatic carbocycles. The molecule has 3 N–H and O–H groups in total. The summed E-state index contributed by atoms with van der Waals surface area (Å²) in [7, 11) is 0. The molecule has 1 heterocycles. The average Bonchev–Trinajstić information content (AvgIpc) is 3.03. The van der Waals surface area contributed by atoms with Crippen molar-refractivity contribution in [1.29, 1.82) is 0 Å². The first-order chi connectivity index (χ1) is 12.4. The molecular formula is C18H16F3N3O2. The Bertz CT molecular complexity index is 889. The lowest BCUT2D eigenvalue weighted by Gasteiger charge is -2.10. The Labute approximate surface area is 147 Å². The molecule has 8 heteroatoms. The van der Waals surface area contributed by atoms with Crippen molar-refractivity contribution in [2.75, 3.05) is 11.9 Å². The Morgan fingerprint density at radius 1 is 1.08 bits per heavy atom. The smallest absolute Gasteiger partial charge is 0.406 e. The zero-order chi connectivity index (χ0) is 18.6. The van der Waals surface area contributed by atoms with Crippen LogP contribution in [-0.2, 0) is 6.42 Å². The lowest BCUT2D eigenvalue weighted by Crippen LogP contribution is -2.30. The Hall–Kier alpha value is -3.16. The average molecular weight is 363 g/mol. The molecule has 0 saturated carbocycles. The zero-order valence-corrected chi connectivity index (χ0v) is 13.6. The number of amides is 2. The number of aromatic amines is 1. The molecule has 1 aromatic heterocycles. The Kier molecular flexibility index (Phi) is 5.01. The maximum Gasteiger partial charge on any atom is 0.573 e. The molecule has 0 unspecified atom stereocenters. The SMILES string of the molecule is O=C(NCCc1ccc(OC(F)(F)F)cc1)Nc1ccc2[nH]ccc2c1. The number of urea groups is 1. The van der Waals surface area contributed by atoms with Crippen LogP contribution in [0.4, 0.5) is 23.7 Å². The van der Waals surface area contributed by atoms with Gasteiger partial charge in [0.25, 0.3) is 0 Å². The fraction of sp³-hybridized carbons (Fsp3) is 0.167. The van der Waals surface area contributed by atoms with Crippen LogP contribution >= 0.6 is 0 Å². The molecule has 136 valence electrons. The van der Waals surface area contributed by atoms with Crippen LogP contribution < -0.4 is 15.4 Å². The minimum atomic E-state index is -4.70. The van der Waals surface area contributed by atoms with E-state index in [0.717, 1.165) is 16.5 Å². The number of aromatic nitrogens is 1. The molecule has 0 spiro atoms. The predicted octanol–water partition coefficient (Wildman–Crippen LogP) is 4.43. The van der Waals surface area contributed by atoms with Gasteiger partial charge >= 0.3 is 12.4 Å². The molecule has 3 rings (SSSR count). The number of rotatable bonds is 5. The van der Waals surface area contributed by atoms with E-state index < -0.39 is 6.36 Å². The maximum absolute atomic E-state index is 12.1. The summed E-state index contributed by atoms with van der Waals surface area (Å²) in [6, 6.07) is 12.6. The van der Waals surface area contributed by atoms with E-state index in [1.807, 2.05) is 24.4 Å². The number of nitrogens with one attached hydrogen (secondary N) is 3. The summed E-state index contributed by atoms with van der Waals surface area (Å²) >= 11 is 0. The van der Waals surface area contributed by atoms with E-state index in [0.29, 0.717) is 18.7 Å². The summed E-state index contributed by atoms with van der Waals surface area (Å²) in [5, 5.41) is 6.43. The van der Waals surface area contributed by atoms with Gasteiger partial charge in [0, 0.05) is 29.3 Å². The van der Waals surface area contributed by atoms with Gasteiger partial charge in [-0.2, -0.15) is 0 Å². The summed E-state index contributed by atoms with van der Waals surface area (Å²) in [4.78, 5) is 15.0. The molecule has 0 aliphatic carbocycles. The summed E-state index contributed by atoms with van der Waals surface area (Å²) in [5.74, 6) is -0.271. The fourth-order valence-corrected chi connectivity index (χ4v) is 2.48. The lowest BCUT2D eigenvalue weighted by molar-refractivity contribution is -0.274. The van der Waals surface area contributed by atoms with Gasteiger partial charge < -0.3 is 20.4 Å². The predicted molar refractivity (Wildman–Crippen MR) is 92.1 cm³/mol. The number of benzene rings is 2. The second-order valence-electron chi connectivity index (χ2n) is 5.60. The molecule has 0 saturated heterocycles. The van der Waals surface area contributed by atoms with E-state index in [-0.39, 0.29) is 11.8 Å². The van der Waals surface area contributed by atoms with Crippen LogP contribution in [0.15, 0.2) is 54.7 Å². The number of hydrogen-bond donors (Lipinski definition) is 3. The van der Waals surface area contributed by atoms with Crippen LogP contribution in [0.3, 0.4) is 0 Å². The summed E-state index contributed by atoms with van der Waals surface area (Å²) in [6.07, 6.45) is -2.40. The van der Waals surface area contributed by atoms with Crippen molar-refractivity contribution in [1.82, 2.24) is 10.3 Å². The van der Waals surface area contributed by atoms with Crippen molar-refractivity contribution in [3.05, 3.63) is 60.3 Å². The van der Waals surface area contributed by atoms with Crippen molar-refractivity contribution in [3.63, 3.8) is 0 Å². The minimum Gasteiger partial charge on any atom is -0.406 e. The van der Waals surface area contributed by atoms with Crippen molar-refractivity contribution in [2.45, 2.75) is 12.8 Å². The minimum absolute atomic E-state index is 0.271. The number of alkyl halides is 3. The molecule has 0 bridgehead atoms. The van der Waals surface area contributed by atoms with Crippen molar-refractivity contribution in [2.24, 2.45) is 0 Å². The largest absolute Gasteiger partial charge is 0.573 e. The number of halogens is 3. The van der Waals surface area contributed by atoms with Gasteiger partial charge in [0.2, 0.25) is 0 Å². The van der Waals surface area contributed by atoms with Gasteiger partial charge in [0.1, 0.15) is 5.75 Å². The number of anilines is 1. The van der Waals surface area contributed by atoms with E-state index in [9.17, 15) is 18.0 Å². The molecule has 3 aromatic rings. The first-order valence-electron chi connectivity index (χ1n) is 7.86. The highest BCUT2D eigenvalue weighted by molar-refractivity contribution is 5.92. The normalized spacial score (nSPS) is 11.3. The standard InChI is InChI=1S/C18H16F3N3O2/c19-18(20,21)26-15-4-1-12(2-5-15)7-9-23-17(25)24-14-3-6-16-13(11-14)8-10-22-16/h1-6,8,10-11,22H,7,9H2,(H2,23,24,25). The molecule has 5 nitrogen and oxygen atoms in total. The number of ether oxygens (including phenoxy) is 1. The lowest BCUT2D eigenvalue weighted by atomic mass is 10.1. The second kappa shape index (κ2) is 7.38. The number of fused-ring (bicyclic) bond motifs is 1. The number of H-pyrrole nitrogens is 1. The highest BCUT2D eigenvalue weighted by Crippen LogP contribution is 2.22. The van der Waals surface area contributed by atoms with Crippen LogP contribution in [0.2, 0.25) is 0 Å². The number of carbonyl (C=O) groups is 1. The second-order valence-corrected chi connectivity index (χ2v) is 5.60. The monoisotopic (exact) mass is 363 g/mol. The van der Waals surface area contributed by atoms with Gasteiger partial charge in [-0.25, -0.2) is 4.79 Å². The van der Waals surface area contributed by atoms with Crippen LogP contribution in [0.25, 0.3) is 10.9 Å². The van der Waals surface area contributed by atoms with Crippen LogP contribution in [0.5, 0.6) is 5.75 Å². The first-order valence-corrected chi connectivity index (χ1v) is 7.86. The molecular weight excluding hydrogens is 347 g/mol. The van der Waals surface area contributed by atoms with Gasteiger partial charge in [-0.1, -0.05) is 12.1 Å². The van der Waals surface area contributed by atoms with Gasteiger partial charge in [0.05, 0.1) is 0 Å². The van der Waals surface area contributed by atoms with E-state index in [2.05, 4.69) is 20.4 Å². The van der Waals surface area contributed by atoms with Crippen LogP contribution in [-0.4, -0.2) is 23.9 Å². The molecule has 0 aliphatic rings. The molecule has 0 aliphatic heterocycles. The number of hydrogen-bond acceptors (Lipinski definition) is 2. The maximum atomic E-state index is 12.1. The van der Waals surface area contributed by atoms with E-state index >= 15 is 0 Å². The van der Waals surface area contributed by atoms with Crippen molar-refractivity contribution >= 4 is 22.6 Å². The summed E-state index contributed by atoms with van der Waals surface area (Å²) in [5.41, 5.74) is 2.44. The Morgan fingerprint density at radius 2 is 1.85 bits per heavy atom. The van der Waals surface area contributed by atoms with E-state index in [1.54, 1.807) is 6.07 Å². The van der Waals surface area contributed by atoms with Gasteiger partial charge in [-0.15, -0.1) is 13.2 Å². The molecule has 26 heavy (non-hydrogen) atoms. The van der Waals surface area contributed by atoms with Crippen LogP contribution in [0.1, 0.15) is 5.56 Å². The molecule has 2 amide bonds. The van der Waals surface area contributed by atoms with Crippen molar-refractivity contribution < 1.29 is 22.7 Å². The quantitative estimate of drug-likeness (QED) is 0.628. The topological polar surface area (TPSA) is 66.2 Å². The van der Waals surface area contributed by atoms with Gasteiger partial charge in [0.15, 0.2) is 0 Å². The van der Waals surface area contributed by atoms with E-state index in [4.69, 9.17) is 0 Å². The Morgan fingerprint density at radius 3 is 2.58 bits per heavy atom. The number of carbonyl (C=O) groups excluding carboxylic acids is 1. The summed E-state index contributed by atoms with van der Waals surface area (Å²) < 4.78 is 40.1. The zero-order valence-electron chi connectivity index (χ0n) is 13.6. The highest BCUT2D eigenvalue weighted by Gasteiger charge is 2.30. The first kappa shape index (κ1) is 17.7. The Balaban J connectivity index is 1.46. The molecule has 0 radical (unpaired) electrons. The molecule has 0 atom stereocenters. The van der Waals surface area contributed by atoms with Gasteiger partial charge in [-0.05, 0) is 48.4 Å². The van der Waals surface area contributed by atoms with Crippen molar-refractivity contribution in [3.8, 4) is 5.75 Å². The highest BCUT2D eigenvalue weighted by atomic mass is 19.4.